The lowest BCUT2D eigenvalue weighted by atomic mass is 9.96. The molecule has 0 radical (unpaired) electrons. The molecular weight excluding hydrogens is 512 g/mol. The fourth-order valence-electron chi connectivity index (χ4n) is 4.79. The molecule has 39 heavy (non-hydrogen) atoms. The second kappa shape index (κ2) is 11.7. The van der Waals surface area contributed by atoms with Gasteiger partial charge in [-0.3, -0.25) is 4.40 Å². The van der Waals surface area contributed by atoms with Crippen molar-refractivity contribution in [1.82, 2.24) is 9.38 Å². The minimum absolute atomic E-state index is 0. The number of imidazole rings is 1. The zero-order valence-corrected chi connectivity index (χ0v) is 22.5. The summed E-state index contributed by atoms with van der Waals surface area (Å²) in [5.74, 6) is 3.22. The van der Waals surface area contributed by atoms with Gasteiger partial charge in [-0.2, -0.15) is 0 Å². The van der Waals surface area contributed by atoms with Crippen LogP contribution in [0.2, 0.25) is 0 Å². The van der Waals surface area contributed by atoms with Gasteiger partial charge in [0.05, 0.1) is 11.9 Å². The SMILES string of the molecule is Cc1c(COc2ccc3nc(CN)c(NCc4ccccc4)n3c2)cccc1-c1ccc2c(c1)OCCO2.Cl. The summed E-state index contributed by atoms with van der Waals surface area (Å²) in [5, 5.41) is 3.51. The van der Waals surface area contributed by atoms with E-state index in [4.69, 9.17) is 24.9 Å². The van der Waals surface area contributed by atoms with Crippen LogP contribution >= 0.6 is 12.4 Å². The third kappa shape index (κ3) is 5.50. The van der Waals surface area contributed by atoms with Crippen molar-refractivity contribution in [3.63, 3.8) is 0 Å². The first-order valence-electron chi connectivity index (χ1n) is 12.8. The molecule has 0 aliphatic carbocycles. The van der Waals surface area contributed by atoms with Crippen LogP contribution in [0.5, 0.6) is 17.2 Å². The van der Waals surface area contributed by atoms with Crippen molar-refractivity contribution in [2.45, 2.75) is 26.6 Å². The predicted molar refractivity (Wildman–Crippen MR) is 156 cm³/mol. The van der Waals surface area contributed by atoms with Crippen molar-refractivity contribution in [1.29, 1.82) is 0 Å². The van der Waals surface area contributed by atoms with Gasteiger partial charge in [-0.15, -0.1) is 12.4 Å². The molecule has 1 aliphatic rings. The number of fused-ring (bicyclic) bond motifs is 2. The first kappa shape index (κ1) is 26.4. The number of halogens is 1. The Bertz CT molecular complexity index is 1590. The van der Waals surface area contributed by atoms with E-state index in [1.165, 1.54) is 11.1 Å². The number of aromatic nitrogens is 2. The molecule has 200 valence electrons. The van der Waals surface area contributed by atoms with Crippen LogP contribution in [0.15, 0.2) is 85.1 Å². The second-order valence-electron chi connectivity index (χ2n) is 9.28. The Kier molecular flexibility index (Phi) is 7.91. The van der Waals surface area contributed by atoms with Gasteiger partial charge in [0.2, 0.25) is 0 Å². The lowest BCUT2D eigenvalue weighted by molar-refractivity contribution is 0.171. The Morgan fingerprint density at radius 2 is 1.77 bits per heavy atom. The molecule has 3 N–H and O–H groups in total. The van der Waals surface area contributed by atoms with Crippen LogP contribution in [0.4, 0.5) is 5.82 Å². The van der Waals surface area contributed by atoms with Gasteiger partial charge in [0, 0.05) is 13.1 Å². The van der Waals surface area contributed by atoms with Crippen molar-refractivity contribution in [2.75, 3.05) is 18.5 Å². The van der Waals surface area contributed by atoms with Crippen molar-refractivity contribution in [2.24, 2.45) is 5.73 Å². The predicted octanol–water partition coefficient (Wildman–Crippen LogP) is 6.15. The Balaban J connectivity index is 0.00000308. The maximum atomic E-state index is 6.27. The number of nitrogens with two attached hydrogens (primary N) is 1. The standard InChI is InChI=1S/C31H30N4O3.ClH/c1-21-24(8-5-9-26(21)23-10-12-28-29(16-23)37-15-14-36-28)20-38-25-11-13-30-34-27(17-32)31(35(30)19-25)33-18-22-6-3-2-4-7-22;/h2-13,16,19,33H,14-15,17-18,20,32H2,1H3;1H. The summed E-state index contributed by atoms with van der Waals surface area (Å²) in [6.45, 7) is 4.76. The summed E-state index contributed by atoms with van der Waals surface area (Å²) in [4.78, 5) is 4.69. The highest BCUT2D eigenvalue weighted by molar-refractivity contribution is 5.85. The molecule has 0 spiro atoms. The average molecular weight is 543 g/mol. The normalized spacial score (nSPS) is 12.2. The van der Waals surface area contributed by atoms with Crippen LogP contribution in [-0.2, 0) is 19.7 Å². The molecule has 0 fully saturated rings. The van der Waals surface area contributed by atoms with Crippen molar-refractivity contribution >= 4 is 23.9 Å². The van der Waals surface area contributed by atoms with Gasteiger partial charge < -0.3 is 25.3 Å². The molecule has 0 unspecified atom stereocenters. The van der Waals surface area contributed by atoms with Gasteiger partial charge in [0.15, 0.2) is 11.5 Å². The number of pyridine rings is 1. The Labute approximate surface area is 234 Å². The summed E-state index contributed by atoms with van der Waals surface area (Å²) >= 11 is 0. The van der Waals surface area contributed by atoms with E-state index < -0.39 is 0 Å². The molecule has 1 aliphatic heterocycles. The molecule has 0 bridgehead atoms. The van der Waals surface area contributed by atoms with Crippen LogP contribution in [0.25, 0.3) is 16.8 Å². The van der Waals surface area contributed by atoms with Crippen molar-refractivity contribution in [3.05, 3.63) is 107 Å². The van der Waals surface area contributed by atoms with Gasteiger partial charge in [-0.05, 0) is 59.0 Å². The topological polar surface area (TPSA) is 83.0 Å². The maximum absolute atomic E-state index is 6.27. The van der Waals surface area contributed by atoms with Crippen LogP contribution in [-0.4, -0.2) is 22.6 Å². The number of hydrogen-bond acceptors (Lipinski definition) is 6. The quantitative estimate of drug-likeness (QED) is 0.244. The summed E-state index contributed by atoms with van der Waals surface area (Å²) in [7, 11) is 0. The van der Waals surface area contributed by atoms with E-state index in [0.717, 1.165) is 51.1 Å². The van der Waals surface area contributed by atoms with Crippen molar-refractivity contribution in [3.8, 4) is 28.4 Å². The molecule has 5 aromatic rings. The third-order valence-electron chi connectivity index (χ3n) is 6.85. The van der Waals surface area contributed by atoms with E-state index in [2.05, 4.69) is 48.6 Å². The van der Waals surface area contributed by atoms with Crippen LogP contribution in [0.3, 0.4) is 0 Å². The first-order valence-corrected chi connectivity index (χ1v) is 12.8. The van der Waals surface area contributed by atoms with Gasteiger partial charge in [-0.25, -0.2) is 4.98 Å². The number of hydrogen-bond donors (Lipinski definition) is 2. The molecule has 3 heterocycles. The number of nitrogens with one attached hydrogen (secondary N) is 1. The molecule has 3 aromatic carbocycles. The summed E-state index contributed by atoms with van der Waals surface area (Å²) in [5.41, 5.74) is 13.4. The van der Waals surface area contributed by atoms with E-state index in [-0.39, 0.29) is 12.4 Å². The minimum Gasteiger partial charge on any atom is -0.487 e. The van der Waals surface area contributed by atoms with E-state index in [9.17, 15) is 0 Å². The molecule has 0 saturated carbocycles. The number of ether oxygens (including phenoxy) is 3. The van der Waals surface area contributed by atoms with Crippen LogP contribution < -0.4 is 25.3 Å². The van der Waals surface area contributed by atoms with E-state index >= 15 is 0 Å². The van der Waals surface area contributed by atoms with Gasteiger partial charge >= 0.3 is 0 Å². The average Bonchev–Trinajstić information content (AvgIpc) is 3.32. The Morgan fingerprint density at radius 1 is 0.949 bits per heavy atom. The Hall–Kier alpha value is -4.20. The number of benzene rings is 3. The number of nitrogens with zero attached hydrogens (tertiary/aromatic N) is 2. The molecular formula is C31H31ClN4O3. The highest BCUT2D eigenvalue weighted by Crippen LogP contribution is 2.36. The van der Waals surface area contributed by atoms with Gasteiger partial charge in [0.1, 0.15) is 37.0 Å². The first-order chi connectivity index (χ1) is 18.7. The van der Waals surface area contributed by atoms with Crippen LogP contribution in [0, 0.1) is 6.92 Å². The molecule has 8 heteroatoms. The number of rotatable bonds is 8. The van der Waals surface area contributed by atoms with Crippen LogP contribution in [0.1, 0.15) is 22.4 Å². The molecule has 0 atom stereocenters. The maximum Gasteiger partial charge on any atom is 0.161 e. The Morgan fingerprint density at radius 3 is 2.59 bits per heavy atom. The van der Waals surface area contributed by atoms with E-state index in [1.54, 1.807) is 0 Å². The fourth-order valence-corrected chi connectivity index (χ4v) is 4.79. The molecule has 0 saturated heterocycles. The van der Waals surface area contributed by atoms with Crippen molar-refractivity contribution < 1.29 is 14.2 Å². The third-order valence-corrected chi connectivity index (χ3v) is 6.85. The second-order valence-corrected chi connectivity index (χ2v) is 9.28. The molecule has 0 amide bonds. The van der Waals surface area contributed by atoms with Gasteiger partial charge in [0.25, 0.3) is 0 Å². The lowest BCUT2D eigenvalue weighted by Crippen LogP contribution is -2.15. The summed E-state index contributed by atoms with van der Waals surface area (Å²) in [6.07, 6.45) is 1.97. The van der Waals surface area contributed by atoms with Gasteiger partial charge in [-0.1, -0.05) is 54.6 Å². The van der Waals surface area contributed by atoms with E-state index in [0.29, 0.717) is 32.9 Å². The highest BCUT2D eigenvalue weighted by atomic mass is 35.5. The minimum atomic E-state index is 0. The summed E-state index contributed by atoms with van der Waals surface area (Å²) in [6, 6.07) is 26.6. The molecule has 2 aromatic heterocycles. The fraction of sp³-hybridized carbons (Fsp3) is 0.194. The molecule has 6 rings (SSSR count). The zero-order valence-electron chi connectivity index (χ0n) is 21.7. The summed E-state index contributed by atoms with van der Waals surface area (Å²) < 4.78 is 19.7. The monoisotopic (exact) mass is 542 g/mol. The lowest BCUT2D eigenvalue weighted by Gasteiger charge is -2.19. The number of anilines is 1. The highest BCUT2D eigenvalue weighted by Gasteiger charge is 2.15. The van der Waals surface area contributed by atoms with E-state index in [1.807, 2.05) is 53.1 Å². The zero-order chi connectivity index (χ0) is 25.9. The smallest absolute Gasteiger partial charge is 0.161 e. The molecule has 7 nitrogen and oxygen atoms in total. The largest absolute Gasteiger partial charge is 0.487 e.